The van der Waals surface area contributed by atoms with Crippen LogP contribution in [0.1, 0.15) is 23.2 Å². The summed E-state index contributed by atoms with van der Waals surface area (Å²) in [6, 6.07) is 8.46. The summed E-state index contributed by atoms with van der Waals surface area (Å²) in [5.41, 5.74) is 0.963. The number of halogens is 1. The lowest BCUT2D eigenvalue weighted by molar-refractivity contribution is -0.0231. The number of aliphatic hydroxyl groups is 1. The molecule has 2 aliphatic rings. The van der Waals surface area contributed by atoms with Gasteiger partial charge >= 0.3 is 5.97 Å². The van der Waals surface area contributed by atoms with Crippen molar-refractivity contribution in [2.45, 2.75) is 25.0 Å². The van der Waals surface area contributed by atoms with Crippen molar-refractivity contribution in [2.75, 3.05) is 25.1 Å². The molecule has 1 aromatic carbocycles. The number of pyridine rings is 1. The Morgan fingerprint density at radius 2 is 2.04 bits per heavy atom. The summed E-state index contributed by atoms with van der Waals surface area (Å²) in [5, 5.41) is 10.6. The zero-order valence-electron chi connectivity index (χ0n) is 15.6. The van der Waals surface area contributed by atoms with Crippen LogP contribution in [0, 0.1) is 17.7 Å². The maximum Gasteiger partial charge on any atom is 0.337 e. The third-order valence-corrected chi connectivity index (χ3v) is 5.72. The highest BCUT2D eigenvalue weighted by Gasteiger charge is 2.43. The first kappa shape index (κ1) is 18.7. The van der Waals surface area contributed by atoms with E-state index >= 15 is 0 Å². The molecule has 4 atom stereocenters. The lowest BCUT2D eigenvalue weighted by atomic mass is 9.78. The van der Waals surface area contributed by atoms with E-state index in [0.717, 1.165) is 6.54 Å². The van der Waals surface area contributed by atoms with Gasteiger partial charge in [0, 0.05) is 19.3 Å². The molecule has 28 heavy (non-hydrogen) atoms. The summed E-state index contributed by atoms with van der Waals surface area (Å²) < 4.78 is 24.8. The zero-order valence-corrected chi connectivity index (χ0v) is 15.6. The van der Waals surface area contributed by atoms with E-state index in [1.807, 2.05) is 4.90 Å². The molecule has 2 heterocycles. The van der Waals surface area contributed by atoms with Gasteiger partial charge in [0.1, 0.15) is 11.9 Å². The Labute approximate surface area is 162 Å². The van der Waals surface area contributed by atoms with E-state index < -0.39 is 12.1 Å². The van der Waals surface area contributed by atoms with Crippen molar-refractivity contribution >= 4 is 11.7 Å². The summed E-state index contributed by atoms with van der Waals surface area (Å²) >= 11 is 0. The summed E-state index contributed by atoms with van der Waals surface area (Å²) in [6.07, 6.45) is 3.13. The minimum absolute atomic E-state index is 0.295. The third-order valence-electron chi connectivity index (χ3n) is 5.72. The maximum absolute atomic E-state index is 14.1. The fourth-order valence-corrected chi connectivity index (χ4v) is 4.33. The molecule has 1 aliphatic heterocycles. The number of aromatic nitrogens is 1. The number of hydrogen-bond acceptors (Lipinski definition) is 6. The summed E-state index contributed by atoms with van der Waals surface area (Å²) in [5.74, 6) is 0.378. The number of hydrogen-bond donors (Lipinski definition) is 1. The summed E-state index contributed by atoms with van der Waals surface area (Å²) in [4.78, 5) is 17.5. The highest BCUT2D eigenvalue weighted by molar-refractivity contribution is 5.89. The highest BCUT2D eigenvalue weighted by atomic mass is 19.1. The van der Waals surface area contributed by atoms with E-state index in [-0.39, 0.29) is 11.9 Å². The molecule has 148 valence electrons. The molecule has 1 saturated heterocycles. The lowest BCUT2D eigenvalue weighted by Crippen LogP contribution is -2.42. The van der Waals surface area contributed by atoms with Crippen molar-refractivity contribution in [1.29, 1.82) is 0 Å². The van der Waals surface area contributed by atoms with Gasteiger partial charge in [0.2, 0.25) is 0 Å². The number of nitrogens with zero attached hydrogens (tertiary/aromatic N) is 2. The number of ether oxygens (including phenoxy) is 2. The van der Waals surface area contributed by atoms with Crippen molar-refractivity contribution in [3.8, 4) is 5.75 Å². The first-order chi connectivity index (χ1) is 13.5. The number of fused-ring (bicyclic) bond motifs is 1. The van der Waals surface area contributed by atoms with Crippen LogP contribution in [0.2, 0.25) is 0 Å². The van der Waals surface area contributed by atoms with E-state index in [2.05, 4.69) is 4.98 Å². The molecule has 2 fully saturated rings. The molecule has 0 spiro atoms. The summed E-state index contributed by atoms with van der Waals surface area (Å²) in [6.45, 7) is 1.44. The van der Waals surface area contributed by atoms with E-state index in [1.165, 1.54) is 13.3 Å². The Balaban J connectivity index is 1.45. The number of methoxy groups -OCH3 is 1. The lowest BCUT2D eigenvalue weighted by Gasteiger charge is -2.35. The second-order valence-electron chi connectivity index (χ2n) is 7.47. The zero-order chi connectivity index (χ0) is 19.7. The molecule has 1 N–H and O–H groups in total. The molecule has 0 amide bonds. The molecule has 1 saturated carbocycles. The minimum atomic E-state index is -0.606. The number of anilines is 1. The molecule has 6 nitrogen and oxygen atoms in total. The predicted octanol–water partition coefficient (Wildman–Crippen LogP) is 2.66. The summed E-state index contributed by atoms with van der Waals surface area (Å²) in [7, 11) is 1.33. The van der Waals surface area contributed by atoms with Gasteiger partial charge < -0.3 is 19.5 Å². The Hall–Kier alpha value is -2.67. The molecule has 4 rings (SSSR count). The second-order valence-corrected chi connectivity index (χ2v) is 7.47. The standard InChI is InChI=1S/C21H23FN2O4/c1-27-21(26)13-3-2-4-16(7-13)28-20-9-15-12-24(11-14(15)8-19(20)25)18-5-6-23-10-17(18)22/h2-7,10,14-15,19-20,25H,8-9,11-12H2,1H3/t14-,15+,19+,20+/m0/s1. The van der Waals surface area contributed by atoms with Crippen molar-refractivity contribution < 1.29 is 23.8 Å². The molecule has 1 aliphatic carbocycles. The highest BCUT2D eigenvalue weighted by Crippen LogP contribution is 2.40. The monoisotopic (exact) mass is 386 g/mol. The van der Waals surface area contributed by atoms with Gasteiger partial charge in [-0.2, -0.15) is 0 Å². The average Bonchev–Trinajstić information content (AvgIpc) is 3.10. The normalized spacial score (nSPS) is 26.6. The molecule has 7 heteroatoms. The van der Waals surface area contributed by atoms with Crippen molar-refractivity contribution in [2.24, 2.45) is 11.8 Å². The maximum atomic E-state index is 14.1. The van der Waals surface area contributed by atoms with Gasteiger partial charge in [0.15, 0.2) is 5.82 Å². The van der Waals surface area contributed by atoms with Crippen molar-refractivity contribution in [1.82, 2.24) is 4.98 Å². The molecule has 0 bridgehead atoms. The second kappa shape index (κ2) is 7.75. The van der Waals surface area contributed by atoms with Gasteiger partial charge in [-0.05, 0) is 48.9 Å². The number of aliphatic hydroxyl groups excluding tert-OH is 1. The SMILES string of the molecule is COC(=O)c1cccc(O[C@@H]2C[C@@H]3CN(c4ccncc4F)C[C@@H]3C[C@H]2O)c1. The van der Waals surface area contributed by atoms with Crippen LogP contribution < -0.4 is 9.64 Å². The fraction of sp³-hybridized carbons (Fsp3) is 0.429. The quantitative estimate of drug-likeness (QED) is 0.815. The minimum Gasteiger partial charge on any atom is -0.488 e. The van der Waals surface area contributed by atoms with Crippen LogP contribution in [0.4, 0.5) is 10.1 Å². The molecule has 0 radical (unpaired) electrons. The van der Waals surface area contributed by atoms with Crippen LogP contribution in [0.5, 0.6) is 5.75 Å². The van der Waals surface area contributed by atoms with Gasteiger partial charge in [-0.3, -0.25) is 4.98 Å². The number of carbonyl (C=O) groups excluding carboxylic acids is 1. The first-order valence-electron chi connectivity index (χ1n) is 9.42. The third kappa shape index (κ3) is 3.67. The Kier molecular flexibility index (Phi) is 5.17. The predicted molar refractivity (Wildman–Crippen MR) is 101 cm³/mol. The topological polar surface area (TPSA) is 71.9 Å². The van der Waals surface area contributed by atoms with Crippen LogP contribution in [0.25, 0.3) is 0 Å². The Morgan fingerprint density at radius 1 is 1.25 bits per heavy atom. The number of benzene rings is 1. The van der Waals surface area contributed by atoms with Crippen molar-refractivity contribution in [3.63, 3.8) is 0 Å². The molecule has 1 aromatic heterocycles. The van der Waals surface area contributed by atoms with Gasteiger partial charge in [-0.15, -0.1) is 0 Å². The van der Waals surface area contributed by atoms with Gasteiger partial charge in [0.25, 0.3) is 0 Å². The van der Waals surface area contributed by atoms with Crippen LogP contribution in [-0.2, 0) is 4.74 Å². The Bertz CT molecular complexity index is 862. The van der Waals surface area contributed by atoms with E-state index in [0.29, 0.717) is 48.2 Å². The van der Waals surface area contributed by atoms with E-state index in [1.54, 1.807) is 36.5 Å². The number of carbonyl (C=O) groups is 1. The average molecular weight is 386 g/mol. The molecule has 0 unspecified atom stereocenters. The van der Waals surface area contributed by atoms with E-state index in [4.69, 9.17) is 9.47 Å². The van der Waals surface area contributed by atoms with Gasteiger partial charge in [0.05, 0.1) is 30.7 Å². The van der Waals surface area contributed by atoms with Crippen LogP contribution >= 0.6 is 0 Å². The number of esters is 1. The van der Waals surface area contributed by atoms with Crippen LogP contribution in [0.15, 0.2) is 42.7 Å². The van der Waals surface area contributed by atoms with Crippen molar-refractivity contribution in [3.05, 3.63) is 54.1 Å². The van der Waals surface area contributed by atoms with Gasteiger partial charge in [-0.1, -0.05) is 6.07 Å². The Morgan fingerprint density at radius 3 is 2.79 bits per heavy atom. The fourth-order valence-electron chi connectivity index (χ4n) is 4.33. The largest absolute Gasteiger partial charge is 0.488 e. The van der Waals surface area contributed by atoms with E-state index in [9.17, 15) is 14.3 Å². The van der Waals surface area contributed by atoms with Crippen LogP contribution in [-0.4, -0.2) is 48.5 Å². The molecule has 2 aromatic rings. The number of rotatable bonds is 4. The smallest absolute Gasteiger partial charge is 0.337 e. The molecular weight excluding hydrogens is 363 g/mol. The first-order valence-corrected chi connectivity index (χ1v) is 9.42. The van der Waals surface area contributed by atoms with Crippen LogP contribution in [0.3, 0.4) is 0 Å². The molecular formula is C21H23FN2O4. The van der Waals surface area contributed by atoms with Gasteiger partial charge in [-0.25, -0.2) is 9.18 Å².